The van der Waals surface area contributed by atoms with Crippen LogP contribution in [0, 0.1) is 11.3 Å². The number of benzene rings is 1. The van der Waals surface area contributed by atoms with E-state index in [9.17, 15) is 18.5 Å². The van der Waals surface area contributed by atoms with E-state index in [4.69, 9.17) is 16.3 Å². The van der Waals surface area contributed by atoms with Gasteiger partial charge in [-0.3, -0.25) is 9.52 Å². The van der Waals surface area contributed by atoms with Gasteiger partial charge in [-0.2, -0.15) is 5.26 Å². The summed E-state index contributed by atoms with van der Waals surface area (Å²) in [5, 5.41) is 12.0. The molecule has 0 unspecified atom stereocenters. The number of carbonyl (C=O) groups is 1. The van der Waals surface area contributed by atoms with Crippen LogP contribution in [0.25, 0.3) is 0 Å². The maximum atomic E-state index is 12.8. The van der Waals surface area contributed by atoms with Crippen molar-refractivity contribution in [2.45, 2.75) is 25.2 Å². The summed E-state index contributed by atoms with van der Waals surface area (Å²) in [6.07, 6.45) is 0.682. The molecular formula is C16H16ClN3O4S2. The average molecular weight is 414 g/mol. The molecule has 0 saturated heterocycles. The van der Waals surface area contributed by atoms with Gasteiger partial charge in [0, 0.05) is 17.9 Å². The van der Waals surface area contributed by atoms with Gasteiger partial charge in [0.2, 0.25) is 5.91 Å². The first-order chi connectivity index (χ1) is 12.2. The summed E-state index contributed by atoms with van der Waals surface area (Å²) in [5.74, 6) is -0.344. The Labute approximate surface area is 160 Å². The van der Waals surface area contributed by atoms with E-state index in [1.165, 1.54) is 37.5 Å². The van der Waals surface area contributed by atoms with Crippen molar-refractivity contribution in [2.75, 3.05) is 17.1 Å². The van der Waals surface area contributed by atoms with Gasteiger partial charge in [-0.25, -0.2) is 8.42 Å². The van der Waals surface area contributed by atoms with Gasteiger partial charge < -0.3 is 10.1 Å². The third-order valence-corrected chi connectivity index (χ3v) is 6.34. The van der Waals surface area contributed by atoms with Crippen molar-refractivity contribution < 1.29 is 17.9 Å². The molecule has 0 radical (unpaired) electrons. The Hall–Kier alpha value is -2.28. The molecule has 0 aliphatic carbocycles. The molecule has 7 nitrogen and oxygen atoms in total. The predicted octanol–water partition coefficient (Wildman–Crippen LogP) is 3.60. The van der Waals surface area contributed by atoms with E-state index < -0.39 is 10.0 Å². The number of thiophene rings is 1. The molecule has 0 fully saturated rings. The van der Waals surface area contributed by atoms with Gasteiger partial charge in [0.15, 0.2) is 0 Å². The Kier molecular flexibility index (Phi) is 6.13. The first-order valence-electron chi connectivity index (χ1n) is 7.42. The van der Waals surface area contributed by atoms with Crippen LogP contribution < -0.4 is 14.8 Å². The van der Waals surface area contributed by atoms with Gasteiger partial charge in [0.25, 0.3) is 10.0 Å². The Morgan fingerprint density at radius 2 is 2.08 bits per heavy atom. The van der Waals surface area contributed by atoms with Crippen LogP contribution in [0.1, 0.15) is 24.3 Å². The highest BCUT2D eigenvalue weighted by Gasteiger charge is 2.24. The number of sulfonamides is 1. The Morgan fingerprint density at radius 1 is 1.38 bits per heavy atom. The lowest BCUT2D eigenvalue weighted by Gasteiger charge is -2.14. The first-order valence-corrected chi connectivity index (χ1v) is 10.1. The van der Waals surface area contributed by atoms with Crippen LogP contribution in [0.15, 0.2) is 23.1 Å². The number of nitrogens with one attached hydrogen (secondary N) is 2. The fourth-order valence-corrected chi connectivity index (χ4v) is 4.86. The highest BCUT2D eigenvalue weighted by molar-refractivity contribution is 7.93. The van der Waals surface area contributed by atoms with E-state index in [2.05, 4.69) is 10.0 Å². The molecule has 0 saturated carbocycles. The number of nitrogens with zero attached hydrogens (tertiary/aromatic N) is 1. The second-order valence-electron chi connectivity index (χ2n) is 5.19. The van der Waals surface area contributed by atoms with E-state index in [1.807, 2.05) is 13.0 Å². The average Bonchev–Trinajstić information content (AvgIpc) is 2.97. The number of ether oxygens (including phenoxy) is 1. The molecule has 1 heterocycles. The Morgan fingerprint density at radius 3 is 2.62 bits per heavy atom. The van der Waals surface area contributed by atoms with Crippen LogP contribution in [0.2, 0.25) is 5.02 Å². The van der Waals surface area contributed by atoms with Crippen LogP contribution in [-0.4, -0.2) is 21.4 Å². The second-order valence-corrected chi connectivity index (χ2v) is 8.39. The number of hydrogen-bond donors (Lipinski definition) is 2. The van der Waals surface area contributed by atoms with E-state index in [-0.39, 0.29) is 37.8 Å². The quantitative estimate of drug-likeness (QED) is 0.752. The van der Waals surface area contributed by atoms with Crippen molar-refractivity contribution in [2.24, 2.45) is 0 Å². The predicted molar refractivity (Wildman–Crippen MR) is 102 cm³/mol. The van der Waals surface area contributed by atoms with Gasteiger partial charge in [-0.05, 0) is 18.6 Å². The highest BCUT2D eigenvalue weighted by atomic mass is 35.5. The van der Waals surface area contributed by atoms with Crippen molar-refractivity contribution in [3.63, 3.8) is 0 Å². The van der Waals surface area contributed by atoms with Gasteiger partial charge in [-0.1, -0.05) is 18.5 Å². The van der Waals surface area contributed by atoms with Crippen molar-refractivity contribution in [1.82, 2.24) is 0 Å². The largest absolute Gasteiger partial charge is 0.495 e. The molecule has 1 amide bonds. The summed E-state index contributed by atoms with van der Waals surface area (Å²) in [6.45, 7) is 3.22. The monoisotopic (exact) mass is 413 g/mol. The highest BCUT2D eigenvalue weighted by Crippen LogP contribution is 2.36. The molecule has 1 aromatic heterocycles. The minimum Gasteiger partial charge on any atom is -0.495 e. The molecule has 0 aliphatic rings. The number of hydrogen-bond acceptors (Lipinski definition) is 6. The number of halogens is 1. The molecule has 2 rings (SSSR count). The summed E-state index contributed by atoms with van der Waals surface area (Å²) < 4.78 is 33.1. The van der Waals surface area contributed by atoms with E-state index in [0.717, 1.165) is 4.88 Å². The molecule has 0 spiro atoms. The van der Waals surface area contributed by atoms with Crippen molar-refractivity contribution in [3.05, 3.63) is 33.7 Å². The molecule has 26 heavy (non-hydrogen) atoms. The summed E-state index contributed by atoms with van der Waals surface area (Å²) in [7, 11) is -2.76. The maximum absolute atomic E-state index is 12.8. The third kappa shape index (κ3) is 4.27. The normalized spacial score (nSPS) is 10.9. The molecule has 0 aliphatic heterocycles. The smallest absolute Gasteiger partial charge is 0.266 e. The van der Waals surface area contributed by atoms with Gasteiger partial charge >= 0.3 is 0 Å². The molecule has 2 N–H and O–H groups in total. The zero-order valence-corrected chi connectivity index (χ0v) is 16.6. The van der Waals surface area contributed by atoms with Crippen LogP contribution in [0.5, 0.6) is 5.75 Å². The van der Waals surface area contributed by atoms with Crippen molar-refractivity contribution in [3.8, 4) is 11.8 Å². The number of methoxy groups -OCH3 is 1. The minimum absolute atomic E-state index is 0.0106. The number of amides is 1. The number of carbonyl (C=O) groups excluding carboxylic acids is 1. The molecule has 0 atom stereocenters. The first kappa shape index (κ1) is 20.0. The van der Waals surface area contributed by atoms with E-state index >= 15 is 0 Å². The molecule has 1 aromatic carbocycles. The van der Waals surface area contributed by atoms with Gasteiger partial charge in [0.1, 0.15) is 21.7 Å². The van der Waals surface area contributed by atoms with Crippen LogP contribution in [0.4, 0.5) is 10.7 Å². The zero-order valence-electron chi connectivity index (χ0n) is 14.2. The molecule has 0 bridgehead atoms. The van der Waals surface area contributed by atoms with Crippen LogP contribution in [-0.2, 0) is 21.2 Å². The maximum Gasteiger partial charge on any atom is 0.266 e. The van der Waals surface area contributed by atoms with Gasteiger partial charge in [-0.15, -0.1) is 11.3 Å². The van der Waals surface area contributed by atoms with Crippen LogP contribution >= 0.6 is 22.9 Å². The van der Waals surface area contributed by atoms with E-state index in [0.29, 0.717) is 6.42 Å². The third-order valence-electron chi connectivity index (χ3n) is 3.33. The summed E-state index contributed by atoms with van der Waals surface area (Å²) in [6, 6.07) is 6.14. The fraction of sp³-hybridized carbons (Fsp3) is 0.250. The second kappa shape index (κ2) is 7.95. The SMILES string of the molecule is CCc1cc(C#N)c(NS(=O)(=O)c2cc(Cl)c(NC(C)=O)cc2OC)s1. The Bertz CT molecular complexity index is 994. The number of aryl methyl sites for hydroxylation is 1. The lowest BCUT2D eigenvalue weighted by Crippen LogP contribution is -2.15. The lowest BCUT2D eigenvalue weighted by molar-refractivity contribution is -0.114. The molecule has 138 valence electrons. The van der Waals surface area contributed by atoms with Crippen LogP contribution in [0.3, 0.4) is 0 Å². The topological polar surface area (TPSA) is 108 Å². The summed E-state index contributed by atoms with van der Waals surface area (Å²) in [4.78, 5) is 11.9. The zero-order chi connectivity index (χ0) is 19.5. The lowest BCUT2D eigenvalue weighted by atomic mass is 10.3. The summed E-state index contributed by atoms with van der Waals surface area (Å²) in [5.41, 5.74) is 0.479. The van der Waals surface area contributed by atoms with Crippen molar-refractivity contribution >= 4 is 49.6 Å². The van der Waals surface area contributed by atoms with Gasteiger partial charge in [0.05, 0.1) is 23.4 Å². The number of anilines is 2. The number of nitriles is 1. The molecular weight excluding hydrogens is 398 g/mol. The molecule has 10 heteroatoms. The molecule has 2 aromatic rings. The standard InChI is InChI=1S/C16H16ClN3O4S2/c1-4-11-5-10(8-18)16(25-11)20-26(22,23)15-6-12(17)13(19-9(2)21)7-14(15)24-3/h5-7,20H,4H2,1-3H3,(H,19,21). The van der Waals surface area contributed by atoms with E-state index in [1.54, 1.807) is 6.07 Å². The fourth-order valence-electron chi connectivity index (χ4n) is 2.14. The summed E-state index contributed by atoms with van der Waals surface area (Å²) >= 11 is 7.28. The Balaban J connectivity index is 2.49. The van der Waals surface area contributed by atoms with Crippen molar-refractivity contribution in [1.29, 1.82) is 5.26 Å². The number of rotatable bonds is 6. The minimum atomic E-state index is -4.06.